The van der Waals surface area contributed by atoms with Gasteiger partial charge in [-0.15, -0.1) is 0 Å². The van der Waals surface area contributed by atoms with E-state index < -0.39 is 0 Å². The normalized spacial score (nSPS) is 11.5. The van der Waals surface area contributed by atoms with Crippen LogP contribution in [0, 0.1) is 13.8 Å². The van der Waals surface area contributed by atoms with Crippen LogP contribution in [0.25, 0.3) is 6.08 Å². The van der Waals surface area contributed by atoms with Crippen molar-refractivity contribution >= 4 is 6.08 Å². The molecule has 0 aliphatic heterocycles. The van der Waals surface area contributed by atoms with Gasteiger partial charge in [-0.05, 0) is 41.5 Å². The van der Waals surface area contributed by atoms with E-state index in [0.29, 0.717) is 0 Å². The monoisotopic (exact) mass is 188 g/mol. The van der Waals surface area contributed by atoms with Crippen LogP contribution in [-0.2, 0) is 5.41 Å². The molecule has 0 aliphatic carbocycles. The van der Waals surface area contributed by atoms with Crippen molar-refractivity contribution in [2.24, 2.45) is 0 Å². The Kier molecular flexibility index (Phi) is 2.84. The highest BCUT2D eigenvalue weighted by Gasteiger charge is 2.17. The van der Waals surface area contributed by atoms with Crippen LogP contribution in [-0.4, -0.2) is 0 Å². The molecule has 0 saturated heterocycles. The first kappa shape index (κ1) is 11.0. The van der Waals surface area contributed by atoms with E-state index >= 15 is 0 Å². The van der Waals surface area contributed by atoms with E-state index in [1.54, 1.807) is 0 Å². The molecule has 1 aromatic carbocycles. The predicted molar refractivity (Wildman–Crippen MR) is 64.7 cm³/mol. The molecule has 0 bridgehead atoms. The molecule has 1 aromatic rings. The molecule has 0 heterocycles. The van der Waals surface area contributed by atoms with Crippen LogP contribution < -0.4 is 0 Å². The van der Waals surface area contributed by atoms with Crippen molar-refractivity contribution in [2.75, 3.05) is 0 Å². The van der Waals surface area contributed by atoms with Gasteiger partial charge in [-0.1, -0.05) is 45.6 Å². The Morgan fingerprint density at radius 2 is 1.64 bits per heavy atom. The van der Waals surface area contributed by atoms with E-state index in [1.165, 1.54) is 22.3 Å². The first-order valence-corrected chi connectivity index (χ1v) is 5.11. The lowest BCUT2D eigenvalue weighted by molar-refractivity contribution is 0.585. The summed E-state index contributed by atoms with van der Waals surface area (Å²) in [4.78, 5) is 0. The van der Waals surface area contributed by atoms with Crippen molar-refractivity contribution in [3.8, 4) is 0 Å². The number of benzene rings is 1. The van der Waals surface area contributed by atoms with Gasteiger partial charge in [0.15, 0.2) is 0 Å². The van der Waals surface area contributed by atoms with Crippen LogP contribution in [0.3, 0.4) is 0 Å². The lowest BCUT2D eigenvalue weighted by Gasteiger charge is -2.23. The van der Waals surface area contributed by atoms with Gasteiger partial charge >= 0.3 is 0 Å². The molecular formula is C14H20. The van der Waals surface area contributed by atoms with E-state index in [4.69, 9.17) is 0 Å². The Morgan fingerprint density at radius 3 is 2.07 bits per heavy atom. The summed E-state index contributed by atoms with van der Waals surface area (Å²) in [6.07, 6.45) is 1.93. The molecule has 0 aliphatic rings. The first-order valence-electron chi connectivity index (χ1n) is 5.11. The van der Waals surface area contributed by atoms with Crippen molar-refractivity contribution in [1.82, 2.24) is 0 Å². The molecule has 0 amide bonds. The zero-order valence-electron chi connectivity index (χ0n) is 9.94. The first-order chi connectivity index (χ1) is 6.38. The van der Waals surface area contributed by atoms with Gasteiger partial charge in [0.1, 0.15) is 0 Å². The van der Waals surface area contributed by atoms with E-state index in [1.807, 2.05) is 6.08 Å². The highest BCUT2D eigenvalue weighted by molar-refractivity contribution is 5.56. The van der Waals surface area contributed by atoms with Crippen LogP contribution in [0.1, 0.15) is 43.0 Å². The summed E-state index contributed by atoms with van der Waals surface area (Å²) >= 11 is 0. The summed E-state index contributed by atoms with van der Waals surface area (Å²) in [5, 5.41) is 0. The molecule has 0 unspecified atom stereocenters. The zero-order valence-corrected chi connectivity index (χ0v) is 9.94. The SMILES string of the molecule is C=Cc1ccc(C(C)(C)C)c(C)c1C. The van der Waals surface area contributed by atoms with Gasteiger partial charge in [-0.3, -0.25) is 0 Å². The van der Waals surface area contributed by atoms with Gasteiger partial charge in [0, 0.05) is 0 Å². The average molecular weight is 188 g/mol. The van der Waals surface area contributed by atoms with Gasteiger partial charge < -0.3 is 0 Å². The fourth-order valence-electron chi connectivity index (χ4n) is 1.88. The van der Waals surface area contributed by atoms with Gasteiger partial charge in [-0.2, -0.15) is 0 Å². The molecule has 0 saturated carbocycles. The van der Waals surface area contributed by atoms with Crippen LogP contribution in [0.15, 0.2) is 18.7 Å². The molecular weight excluding hydrogens is 168 g/mol. The smallest absolute Gasteiger partial charge is 0.0129 e. The molecule has 14 heavy (non-hydrogen) atoms. The maximum atomic E-state index is 3.82. The maximum absolute atomic E-state index is 3.82. The van der Waals surface area contributed by atoms with Gasteiger partial charge in [0.2, 0.25) is 0 Å². The largest absolute Gasteiger partial charge is 0.0985 e. The Morgan fingerprint density at radius 1 is 1.07 bits per heavy atom. The van der Waals surface area contributed by atoms with E-state index in [2.05, 4.69) is 53.3 Å². The second-order valence-corrected chi connectivity index (χ2v) is 4.91. The Labute approximate surface area is 87.7 Å². The Hall–Kier alpha value is -1.04. The lowest BCUT2D eigenvalue weighted by atomic mass is 9.82. The number of hydrogen-bond acceptors (Lipinski definition) is 0. The minimum Gasteiger partial charge on any atom is -0.0985 e. The summed E-state index contributed by atoms with van der Waals surface area (Å²) in [6, 6.07) is 4.38. The molecule has 0 atom stereocenters. The zero-order chi connectivity index (χ0) is 10.9. The second-order valence-electron chi connectivity index (χ2n) is 4.91. The molecule has 0 N–H and O–H groups in total. The minimum absolute atomic E-state index is 0.231. The third-order valence-electron chi connectivity index (χ3n) is 2.86. The quantitative estimate of drug-likeness (QED) is 0.618. The highest BCUT2D eigenvalue weighted by Crippen LogP contribution is 2.29. The molecule has 0 fully saturated rings. The van der Waals surface area contributed by atoms with Crippen molar-refractivity contribution < 1.29 is 0 Å². The summed E-state index contributed by atoms with van der Waals surface area (Å²) in [5.74, 6) is 0. The van der Waals surface area contributed by atoms with E-state index in [0.717, 1.165) is 0 Å². The van der Waals surface area contributed by atoms with Gasteiger partial charge in [0.05, 0.1) is 0 Å². The summed E-state index contributed by atoms with van der Waals surface area (Å²) in [6.45, 7) is 14.9. The van der Waals surface area contributed by atoms with Crippen molar-refractivity contribution in [1.29, 1.82) is 0 Å². The standard InChI is InChI=1S/C14H20/c1-7-12-8-9-13(14(4,5)6)11(3)10(12)2/h7-9H,1H2,2-6H3. The van der Waals surface area contributed by atoms with Crippen LogP contribution >= 0.6 is 0 Å². The molecule has 0 aromatic heterocycles. The van der Waals surface area contributed by atoms with E-state index in [-0.39, 0.29) is 5.41 Å². The lowest BCUT2D eigenvalue weighted by Crippen LogP contribution is -2.14. The fourth-order valence-corrected chi connectivity index (χ4v) is 1.88. The minimum atomic E-state index is 0.231. The highest BCUT2D eigenvalue weighted by atomic mass is 14.2. The fraction of sp³-hybridized carbons (Fsp3) is 0.429. The Balaban J connectivity index is 3.38. The Bertz CT molecular complexity index is 351. The summed E-state index contributed by atoms with van der Waals surface area (Å²) in [5.41, 5.74) is 5.66. The number of hydrogen-bond donors (Lipinski definition) is 0. The topological polar surface area (TPSA) is 0 Å². The second kappa shape index (κ2) is 3.61. The van der Waals surface area contributed by atoms with Crippen LogP contribution in [0.5, 0.6) is 0 Å². The summed E-state index contributed by atoms with van der Waals surface area (Å²) in [7, 11) is 0. The van der Waals surface area contributed by atoms with Crippen molar-refractivity contribution in [3.05, 3.63) is 41.0 Å². The molecule has 0 radical (unpaired) electrons. The third-order valence-corrected chi connectivity index (χ3v) is 2.86. The third kappa shape index (κ3) is 1.89. The molecule has 0 heteroatoms. The van der Waals surface area contributed by atoms with Crippen molar-refractivity contribution in [3.63, 3.8) is 0 Å². The molecule has 0 spiro atoms. The molecule has 1 rings (SSSR count). The molecule has 0 nitrogen and oxygen atoms in total. The predicted octanol–water partition coefficient (Wildman–Crippen LogP) is 4.24. The van der Waals surface area contributed by atoms with Crippen molar-refractivity contribution in [2.45, 2.75) is 40.0 Å². The summed E-state index contributed by atoms with van der Waals surface area (Å²) < 4.78 is 0. The maximum Gasteiger partial charge on any atom is -0.0129 e. The van der Waals surface area contributed by atoms with Gasteiger partial charge in [0.25, 0.3) is 0 Å². The number of rotatable bonds is 1. The van der Waals surface area contributed by atoms with Gasteiger partial charge in [-0.25, -0.2) is 0 Å². The van der Waals surface area contributed by atoms with Crippen LogP contribution in [0.2, 0.25) is 0 Å². The van der Waals surface area contributed by atoms with Crippen LogP contribution in [0.4, 0.5) is 0 Å². The molecule has 76 valence electrons. The average Bonchev–Trinajstić information content (AvgIpc) is 2.07. The van der Waals surface area contributed by atoms with E-state index in [9.17, 15) is 0 Å².